The van der Waals surface area contributed by atoms with Gasteiger partial charge in [0.05, 0.1) is 11.6 Å². The van der Waals surface area contributed by atoms with Crippen LogP contribution >= 0.6 is 0 Å². The number of nitrogens with one attached hydrogen (secondary N) is 2. The number of aliphatic hydroxyl groups excluding tert-OH is 1. The van der Waals surface area contributed by atoms with Crippen LogP contribution in [0.4, 0.5) is 13.2 Å². The van der Waals surface area contributed by atoms with E-state index >= 15 is 0 Å². The van der Waals surface area contributed by atoms with E-state index in [9.17, 15) is 23.1 Å². The molecule has 1 unspecified atom stereocenters. The van der Waals surface area contributed by atoms with Crippen molar-refractivity contribution in [1.82, 2.24) is 10.6 Å². The van der Waals surface area contributed by atoms with Crippen molar-refractivity contribution < 1.29 is 23.1 Å². The van der Waals surface area contributed by atoms with E-state index < -0.39 is 23.8 Å². The maximum absolute atomic E-state index is 12.7. The minimum absolute atomic E-state index is 0.164. The van der Waals surface area contributed by atoms with Gasteiger partial charge in [-0.25, -0.2) is 0 Å². The Morgan fingerprint density at radius 1 is 1.32 bits per heavy atom. The Kier molecular flexibility index (Phi) is 4.60. The van der Waals surface area contributed by atoms with Crippen LogP contribution in [0.25, 0.3) is 5.57 Å². The number of hydrogen-bond donors (Lipinski definition) is 3. The van der Waals surface area contributed by atoms with E-state index in [2.05, 4.69) is 10.6 Å². The zero-order chi connectivity index (χ0) is 18.2. The molecule has 0 aromatic heterocycles. The van der Waals surface area contributed by atoms with Gasteiger partial charge in [0.25, 0.3) is 0 Å². The van der Waals surface area contributed by atoms with Crippen molar-refractivity contribution in [1.29, 1.82) is 0 Å². The van der Waals surface area contributed by atoms with Crippen molar-refractivity contribution in [2.24, 2.45) is 0 Å². The first kappa shape index (κ1) is 17.5. The van der Waals surface area contributed by atoms with Crippen LogP contribution in [-0.2, 0) is 11.0 Å². The van der Waals surface area contributed by atoms with Gasteiger partial charge in [0.2, 0.25) is 5.91 Å². The second kappa shape index (κ2) is 6.55. The van der Waals surface area contributed by atoms with Gasteiger partial charge in [-0.1, -0.05) is 12.1 Å². The Morgan fingerprint density at radius 2 is 2.00 bits per heavy atom. The van der Waals surface area contributed by atoms with Crippen LogP contribution in [0.1, 0.15) is 30.9 Å². The molecule has 0 radical (unpaired) electrons. The summed E-state index contributed by atoms with van der Waals surface area (Å²) in [6.45, 7) is 1.98. The maximum atomic E-state index is 12.7. The lowest BCUT2D eigenvalue weighted by atomic mass is 9.93. The van der Waals surface area contributed by atoms with E-state index in [1.54, 1.807) is 6.20 Å². The predicted octanol–water partition coefficient (Wildman–Crippen LogP) is 2.61. The van der Waals surface area contributed by atoms with Crippen LogP contribution in [0.2, 0.25) is 0 Å². The second-order valence-corrected chi connectivity index (χ2v) is 6.29. The molecule has 2 atom stereocenters. The van der Waals surface area contributed by atoms with Crippen LogP contribution < -0.4 is 10.6 Å². The van der Waals surface area contributed by atoms with Gasteiger partial charge in [-0.15, -0.1) is 0 Å². The predicted molar refractivity (Wildman–Crippen MR) is 87.3 cm³/mol. The molecule has 1 aliphatic heterocycles. The topological polar surface area (TPSA) is 61.4 Å². The minimum atomic E-state index is -4.36. The lowest BCUT2D eigenvalue weighted by Gasteiger charge is -2.23. The highest BCUT2D eigenvalue weighted by atomic mass is 19.4. The molecule has 7 heteroatoms. The quantitative estimate of drug-likeness (QED) is 0.784. The Morgan fingerprint density at radius 3 is 2.60 bits per heavy atom. The van der Waals surface area contributed by atoms with Crippen molar-refractivity contribution in [2.45, 2.75) is 38.1 Å². The van der Waals surface area contributed by atoms with E-state index in [1.165, 1.54) is 19.1 Å². The standard InChI is InChI=1S/C18H19F3N2O2/c1-10(24)17(25)23-16-7-6-13-14(8-22-9-15(13)16)11-2-4-12(5-3-11)18(19,20)21/h2-5,8,10,16,22,24H,6-7,9H2,1H3,(H,23,25)/t10-,16?/m1/s1. The Bertz CT molecular complexity index is 734. The first-order valence-electron chi connectivity index (χ1n) is 8.09. The molecule has 1 aromatic carbocycles. The summed E-state index contributed by atoms with van der Waals surface area (Å²) in [4.78, 5) is 11.7. The van der Waals surface area contributed by atoms with Gasteiger partial charge in [0, 0.05) is 18.3 Å². The van der Waals surface area contributed by atoms with Crippen molar-refractivity contribution in [2.75, 3.05) is 6.54 Å². The molecule has 1 aliphatic carbocycles. The van der Waals surface area contributed by atoms with Gasteiger partial charge < -0.3 is 15.7 Å². The normalized spacial score (nSPS) is 21.3. The van der Waals surface area contributed by atoms with Crippen LogP contribution in [0.15, 0.2) is 41.6 Å². The molecule has 4 nitrogen and oxygen atoms in total. The van der Waals surface area contributed by atoms with Crippen molar-refractivity contribution >= 4 is 11.5 Å². The molecule has 0 saturated heterocycles. The molecule has 0 bridgehead atoms. The number of allylic oxidation sites excluding steroid dienone is 2. The van der Waals surface area contributed by atoms with Gasteiger partial charge >= 0.3 is 6.18 Å². The van der Waals surface area contributed by atoms with E-state index in [1.807, 2.05) is 0 Å². The fourth-order valence-corrected chi connectivity index (χ4v) is 3.27. The van der Waals surface area contributed by atoms with Crippen LogP contribution in [0.5, 0.6) is 0 Å². The highest BCUT2D eigenvalue weighted by Crippen LogP contribution is 2.39. The highest BCUT2D eigenvalue weighted by molar-refractivity contribution is 5.84. The molecule has 0 spiro atoms. The molecule has 0 saturated carbocycles. The highest BCUT2D eigenvalue weighted by Gasteiger charge is 2.32. The summed E-state index contributed by atoms with van der Waals surface area (Å²) in [5.74, 6) is -0.426. The third kappa shape index (κ3) is 3.56. The average Bonchev–Trinajstić information content (AvgIpc) is 2.97. The summed E-state index contributed by atoms with van der Waals surface area (Å²) in [7, 11) is 0. The number of carbonyl (C=O) groups is 1. The number of rotatable bonds is 3. The van der Waals surface area contributed by atoms with Gasteiger partial charge in [-0.05, 0) is 48.6 Å². The number of amides is 1. The molecule has 1 heterocycles. The monoisotopic (exact) mass is 352 g/mol. The zero-order valence-electron chi connectivity index (χ0n) is 13.7. The maximum Gasteiger partial charge on any atom is 0.416 e. The number of dihydropyridines is 1. The van der Waals surface area contributed by atoms with Crippen molar-refractivity contribution in [3.05, 3.63) is 52.7 Å². The zero-order valence-corrected chi connectivity index (χ0v) is 13.7. The van der Waals surface area contributed by atoms with E-state index in [-0.39, 0.29) is 6.04 Å². The number of hydrogen-bond acceptors (Lipinski definition) is 3. The van der Waals surface area contributed by atoms with E-state index in [0.717, 1.165) is 35.3 Å². The molecule has 2 aliphatic rings. The summed E-state index contributed by atoms with van der Waals surface area (Å²) < 4.78 is 38.2. The summed E-state index contributed by atoms with van der Waals surface area (Å²) in [6, 6.07) is 4.92. The van der Waals surface area contributed by atoms with E-state index in [4.69, 9.17) is 0 Å². The Balaban J connectivity index is 1.84. The van der Waals surface area contributed by atoms with Crippen LogP contribution in [-0.4, -0.2) is 29.7 Å². The lowest BCUT2D eigenvalue weighted by Crippen LogP contribution is -2.41. The first-order chi connectivity index (χ1) is 11.8. The summed E-state index contributed by atoms with van der Waals surface area (Å²) in [6.07, 6.45) is -2.19. The molecular formula is C18H19F3N2O2. The Hall–Kier alpha value is -2.28. The number of aliphatic hydroxyl groups is 1. The van der Waals surface area contributed by atoms with Gasteiger partial charge in [-0.2, -0.15) is 13.2 Å². The van der Waals surface area contributed by atoms with Gasteiger partial charge in [0.15, 0.2) is 0 Å². The van der Waals surface area contributed by atoms with Crippen LogP contribution in [0, 0.1) is 0 Å². The van der Waals surface area contributed by atoms with Crippen LogP contribution in [0.3, 0.4) is 0 Å². The average molecular weight is 352 g/mol. The molecule has 1 amide bonds. The van der Waals surface area contributed by atoms with E-state index in [0.29, 0.717) is 18.5 Å². The largest absolute Gasteiger partial charge is 0.416 e. The first-order valence-corrected chi connectivity index (χ1v) is 8.09. The fraction of sp³-hybridized carbons (Fsp3) is 0.389. The second-order valence-electron chi connectivity index (χ2n) is 6.29. The molecule has 1 aromatic rings. The minimum Gasteiger partial charge on any atom is -0.387 e. The van der Waals surface area contributed by atoms with Crippen molar-refractivity contribution in [3.63, 3.8) is 0 Å². The summed E-state index contributed by atoms with van der Waals surface area (Å²) >= 11 is 0. The molecule has 3 rings (SSSR count). The van der Waals surface area contributed by atoms with Gasteiger partial charge in [0.1, 0.15) is 6.10 Å². The molecule has 0 fully saturated rings. The number of halogens is 3. The number of carbonyl (C=O) groups excluding carboxylic acids is 1. The fourth-order valence-electron chi connectivity index (χ4n) is 3.27. The number of alkyl halides is 3. The van der Waals surface area contributed by atoms with Crippen molar-refractivity contribution in [3.8, 4) is 0 Å². The SMILES string of the molecule is C[C@@H](O)C(=O)NC1CCC2=C1CNC=C2c1ccc(C(F)(F)F)cc1. The lowest BCUT2D eigenvalue weighted by molar-refractivity contribution is -0.137. The molecule has 3 N–H and O–H groups in total. The summed E-state index contributed by atoms with van der Waals surface area (Å²) in [5, 5.41) is 15.3. The summed E-state index contributed by atoms with van der Waals surface area (Å²) in [5.41, 5.74) is 2.95. The third-order valence-corrected chi connectivity index (χ3v) is 4.57. The van der Waals surface area contributed by atoms with Gasteiger partial charge in [-0.3, -0.25) is 4.79 Å². The smallest absolute Gasteiger partial charge is 0.387 e. The molecular weight excluding hydrogens is 333 g/mol. The number of benzene rings is 1. The third-order valence-electron chi connectivity index (χ3n) is 4.57. The molecule has 25 heavy (non-hydrogen) atoms. The molecule has 134 valence electrons. The Labute approximate surface area is 143 Å².